The molecule has 1 atom stereocenters. The summed E-state index contributed by atoms with van der Waals surface area (Å²) in [5.41, 5.74) is 4.10. The molecule has 0 radical (unpaired) electrons. The molecule has 1 heterocycles. The molecule has 1 aromatic carbocycles. The molecular weight excluding hydrogens is 340 g/mol. The Labute approximate surface area is 162 Å². The average Bonchev–Trinajstić information content (AvgIpc) is 2.68. The summed E-state index contributed by atoms with van der Waals surface area (Å²) < 4.78 is 5.10. The van der Waals surface area contributed by atoms with E-state index in [0.29, 0.717) is 13.2 Å². The molecule has 2 aliphatic rings. The summed E-state index contributed by atoms with van der Waals surface area (Å²) in [7, 11) is 0. The lowest BCUT2D eigenvalue weighted by molar-refractivity contribution is -0.149. The number of carbonyl (C=O) groups excluding carboxylic acids is 2. The van der Waals surface area contributed by atoms with Gasteiger partial charge in [-0.2, -0.15) is 0 Å². The number of carbonyl (C=O) groups is 2. The van der Waals surface area contributed by atoms with Crippen molar-refractivity contribution in [2.75, 3.05) is 26.2 Å². The van der Waals surface area contributed by atoms with E-state index in [9.17, 15) is 9.59 Å². The molecule has 0 unspecified atom stereocenters. The Morgan fingerprint density at radius 1 is 1.19 bits per heavy atom. The summed E-state index contributed by atoms with van der Waals surface area (Å²) in [6.07, 6.45) is 6.42. The quantitative estimate of drug-likeness (QED) is 0.780. The van der Waals surface area contributed by atoms with Crippen LogP contribution in [0.25, 0.3) is 0 Å². The smallest absolute Gasteiger partial charge is 0.309 e. The standard InChI is InChI=1S/C22H32N2O3/c1-3-27-22(26)18-10-12-24(13-11-18)15-21(25)23-16(2)19-9-8-17-6-4-5-7-20(17)14-19/h8-9,14,16,18H,3-7,10-13,15H2,1-2H3,(H,23,25)/t16-/m1/s1. The van der Waals surface area contributed by atoms with Crippen LogP contribution in [0, 0.1) is 5.92 Å². The fraction of sp³-hybridized carbons (Fsp3) is 0.636. The second-order valence-electron chi connectivity index (χ2n) is 7.83. The van der Waals surface area contributed by atoms with E-state index in [2.05, 4.69) is 35.3 Å². The summed E-state index contributed by atoms with van der Waals surface area (Å²) in [6.45, 7) is 6.25. The summed E-state index contributed by atoms with van der Waals surface area (Å²) >= 11 is 0. The van der Waals surface area contributed by atoms with Crippen molar-refractivity contribution in [3.63, 3.8) is 0 Å². The van der Waals surface area contributed by atoms with Gasteiger partial charge in [-0.25, -0.2) is 0 Å². The van der Waals surface area contributed by atoms with Gasteiger partial charge in [0.2, 0.25) is 5.91 Å². The molecule has 1 aromatic rings. The van der Waals surface area contributed by atoms with Crippen molar-refractivity contribution in [1.29, 1.82) is 0 Å². The van der Waals surface area contributed by atoms with Crippen LogP contribution >= 0.6 is 0 Å². The van der Waals surface area contributed by atoms with Gasteiger partial charge in [0.25, 0.3) is 0 Å². The lowest BCUT2D eigenvalue weighted by Gasteiger charge is -2.30. The number of piperidine rings is 1. The summed E-state index contributed by atoms with van der Waals surface area (Å²) in [5, 5.41) is 3.13. The van der Waals surface area contributed by atoms with E-state index in [1.54, 1.807) is 0 Å². The van der Waals surface area contributed by atoms with Gasteiger partial charge in [-0.05, 0) is 82.2 Å². The number of ether oxygens (including phenoxy) is 1. The molecular formula is C22H32N2O3. The lowest BCUT2D eigenvalue weighted by Crippen LogP contribution is -2.43. The predicted octanol–water partition coefficient (Wildman–Crippen LogP) is 3.02. The second-order valence-corrected chi connectivity index (χ2v) is 7.83. The number of nitrogens with one attached hydrogen (secondary N) is 1. The first-order valence-corrected chi connectivity index (χ1v) is 10.4. The molecule has 1 amide bonds. The average molecular weight is 373 g/mol. The van der Waals surface area contributed by atoms with E-state index in [-0.39, 0.29) is 23.8 Å². The van der Waals surface area contributed by atoms with E-state index in [4.69, 9.17) is 4.74 Å². The van der Waals surface area contributed by atoms with Crippen molar-refractivity contribution in [2.24, 2.45) is 5.92 Å². The van der Waals surface area contributed by atoms with Crippen LogP contribution in [0.4, 0.5) is 0 Å². The molecule has 0 aromatic heterocycles. The number of amides is 1. The number of aryl methyl sites for hydroxylation is 2. The molecule has 0 saturated carbocycles. The minimum absolute atomic E-state index is 0.0151. The van der Waals surface area contributed by atoms with Gasteiger partial charge in [-0.3, -0.25) is 14.5 Å². The molecule has 0 spiro atoms. The Morgan fingerprint density at radius 2 is 1.89 bits per heavy atom. The van der Waals surface area contributed by atoms with E-state index >= 15 is 0 Å². The van der Waals surface area contributed by atoms with Crippen LogP contribution < -0.4 is 5.32 Å². The first-order valence-electron chi connectivity index (χ1n) is 10.4. The Morgan fingerprint density at radius 3 is 2.59 bits per heavy atom. The highest BCUT2D eigenvalue weighted by Gasteiger charge is 2.27. The van der Waals surface area contributed by atoms with E-state index in [1.807, 2.05) is 6.92 Å². The fourth-order valence-corrected chi connectivity index (χ4v) is 4.18. The Kier molecular flexibility index (Phi) is 6.89. The number of benzene rings is 1. The first-order chi connectivity index (χ1) is 13.1. The van der Waals surface area contributed by atoms with Crippen LogP contribution in [0.5, 0.6) is 0 Å². The molecule has 5 heteroatoms. The number of nitrogens with zero attached hydrogens (tertiary/aromatic N) is 1. The highest BCUT2D eigenvalue weighted by molar-refractivity contribution is 5.78. The fourth-order valence-electron chi connectivity index (χ4n) is 4.18. The van der Waals surface area contributed by atoms with Gasteiger partial charge in [0.1, 0.15) is 0 Å². The van der Waals surface area contributed by atoms with E-state index in [0.717, 1.165) is 32.4 Å². The molecule has 1 aliphatic heterocycles. The van der Waals surface area contributed by atoms with Crippen LogP contribution in [0.3, 0.4) is 0 Å². The van der Waals surface area contributed by atoms with Crippen LogP contribution in [0.15, 0.2) is 18.2 Å². The van der Waals surface area contributed by atoms with Crippen molar-refractivity contribution in [1.82, 2.24) is 10.2 Å². The van der Waals surface area contributed by atoms with Crippen LogP contribution in [0.1, 0.15) is 62.3 Å². The minimum atomic E-state index is -0.0948. The van der Waals surface area contributed by atoms with Crippen molar-refractivity contribution in [3.8, 4) is 0 Å². The van der Waals surface area contributed by atoms with E-state index < -0.39 is 0 Å². The summed E-state index contributed by atoms with van der Waals surface area (Å²) in [6, 6.07) is 6.67. The lowest BCUT2D eigenvalue weighted by atomic mass is 9.89. The third kappa shape index (κ3) is 5.32. The van der Waals surface area contributed by atoms with Crippen molar-refractivity contribution < 1.29 is 14.3 Å². The second kappa shape index (κ2) is 9.36. The molecule has 1 fully saturated rings. The third-order valence-corrected chi connectivity index (χ3v) is 5.82. The maximum absolute atomic E-state index is 12.5. The maximum atomic E-state index is 12.5. The Balaban J connectivity index is 1.46. The van der Waals surface area contributed by atoms with Gasteiger partial charge in [0, 0.05) is 0 Å². The normalized spacial score (nSPS) is 19.2. The maximum Gasteiger partial charge on any atom is 0.309 e. The van der Waals surface area contributed by atoms with Crippen LogP contribution in [-0.4, -0.2) is 43.0 Å². The summed E-state index contributed by atoms with van der Waals surface area (Å²) in [4.78, 5) is 26.4. The highest BCUT2D eigenvalue weighted by Crippen LogP contribution is 2.25. The molecule has 0 bridgehead atoms. The molecule has 148 valence electrons. The predicted molar refractivity (Wildman–Crippen MR) is 105 cm³/mol. The van der Waals surface area contributed by atoms with Crippen LogP contribution in [-0.2, 0) is 27.2 Å². The van der Waals surface area contributed by atoms with Crippen molar-refractivity contribution in [3.05, 3.63) is 34.9 Å². The molecule has 5 nitrogen and oxygen atoms in total. The number of likely N-dealkylation sites (tertiary alicyclic amines) is 1. The number of rotatable bonds is 6. The SMILES string of the molecule is CCOC(=O)C1CCN(CC(=O)N[C@H](C)c2ccc3c(c2)CCCC3)CC1. The molecule has 1 saturated heterocycles. The van der Waals surface area contributed by atoms with Gasteiger partial charge in [-0.15, -0.1) is 0 Å². The van der Waals surface area contributed by atoms with Gasteiger partial charge in [0.15, 0.2) is 0 Å². The topological polar surface area (TPSA) is 58.6 Å². The minimum Gasteiger partial charge on any atom is -0.466 e. The molecule has 3 rings (SSSR count). The van der Waals surface area contributed by atoms with Gasteiger partial charge < -0.3 is 10.1 Å². The highest BCUT2D eigenvalue weighted by atomic mass is 16.5. The number of hydrogen-bond donors (Lipinski definition) is 1. The van der Waals surface area contributed by atoms with Crippen molar-refractivity contribution in [2.45, 2.75) is 58.4 Å². The van der Waals surface area contributed by atoms with Crippen LogP contribution in [0.2, 0.25) is 0 Å². The zero-order chi connectivity index (χ0) is 19.2. The molecule has 1 N–H and O–H groups in total. The van der Waals surface area contributed by atoms with Crippen molar-refractivity contribution >= 4 is 11.9 Å². The Hall–Kier alpha value is -1.88. The number of esters is 1. The van der Waals surface area contributed by atoms with E-state index in [1.165, 1.54) is 36.0 Å². The Bertz CT molecular complexity index is 666. The monoisotopic (exact) mass is 372 g/mol. The molecule has 27 heavy (non-hydrogen) atoms. The molecule has 1 aliphatic carbocycles. The first kappa shape index (κ1) is 19.9. The van der Waals surface area contributed by atoms with Gasteiger partial charge in [-0.1, -0.05) is 18.2 Å². The zero-order valence-corrected chi connectivity index (χ0v) is 16.6. The summed E-state index contributed by atoms with van der Waals surface area (Å²) in [5.74, 6) is -0.0591. The third-order valence-electron chi connectivity index (χ3n) is 5.82. The van der Waals surface area contributed by atoms with Gasteiger partial charge in [0.05, 0.1) is 25.1 Å². The van der Waals surface area contributed by atoms with Gasteiger partial charge >= 0.3 is 5.97 Å². The zero-order valence-electron chi connectivity index (χ0n) is 16.6. The largest absolute Gasteiger partial charge is 0.466 e. The number of fused-ring (bicyclic) bond motifs is 1. The number of hydrogen-bond acceptors (Lipinski definition) is 4.